The van der Waals surface area contributed by atoms with Crippen LogP contribution in [0.15, 0.2) is 46.9 Å². The minimum Gasteiger partial charge on any atom is -0.368 e. The summed E-state index contributed by atoms with van der Waals surface area (Å²) in [7, 11) is 2.07. The minimum atomic E-state index is 0.708. The maximum atomic E-state index is 4.39. The molecule has 0 bridgehead atoms. The molecule has 1 aromatic carbocycles. The van der Waals surface area contributed by atoms with Gasteiger partial charge in [-0.15, -0.1) is 10.2 Å². The van der Waals surface area contributed by atoms with E-state index in [1.54, 1.807) is 11.3 Å². The molecule has 0 saturated heterocycles. The summed E-state index contributed by atoms with van der Waals surface area (Å²) in [4.78, 5) is 7.95. The Hall–Kier alpha value is -2.54. The molecule has 142 valence electrons. The summed E-state index contributed by atoms with van der Waals surface area (Å²) in [6.45, 7) is 11.3. The maximum Gasteiger partial charge on any atom is 0.253 e. The van der Waals surface area contributed by atoms with Crippen molar-refractivity contribution in [1.82, 2.24) is 9.55 Å². The molecule has 0 spiro atoms. The third-order valence-electron chi connectivity index (χ3n) is 4.87. The predicted molar refractivity (Wildman–Crippen MR) is 110 cm³/mol. The fraction of sp³-hybridized carbons (Fsp3) is 0.400. The van der Waals surface area contributed by atoms with Crippen LogP contribution in [0.1, 0.15) is 23.3 Å². The molecule has 0 N–H and O–H groups in total. The average molecular weight is 384 g/mol. The second-order valence-corrected chi connectivity index (χ2v) is 7.77. The van der Waals surface area contributed by atoms with E-state index >= 15 is 0 Å². The van der Waals surface area contributed by atoms with E-state index in [1.165, 1.54) is 16.4 Å². The van der Waals surface area contributed by atoms with Gasteiger partial charge in [-0.1, -0.05) is 11.3 Å². The molecule has 6 nitrogen and oxygen atoms in total. The van der Waals surface area contributed by atoms with Crippen molar-refractivity contribution >= 4 is 27.8 Å². The molecular formula is C20H27N6S+. The number of anilines is 1. The number of aromatic nitrogens is 3. The largest absolute Gasteiger partial charge is 0.368 e. The Morgan fingerprint density at radius 3 is 2.44 bits per heavy atom. The van der Waals surface area contributed by atoms with Gasteiger partial charge in [-0.25, -0.2) is 14.1 Å². The molecular weight excluding hydrogens is 356 g/mol. The zero-order valence-corrected chi connectivity index (χ0v) is 17.5. The Balaban J connectivity index is 1.64. The molecule has 7 heteroatoms. The van der Waals surface area contributed by atoms with Crippen molar-refractivity contribution in [3.05, 3.63) is 53.1 Å². The highest BCUT2D eigenvalue weighted by Gasteiger charge is 2.11. The molecule has 2 aromatic heterocycles. The first-order chi connectivity index (χ1) is 13.0. The molecule has 3 rings (SSSR count). The molecule has 0 radical (unpaired) electrons. The van der Waals surface area contributed by atoms with E-state index in [0.717, 1.165) is 31.0 Å². The molecule has 2 heterocycles. The second kappa shape index (κ2) is 8.43. The van der Waals surface area contributed by atoms with E-state index < -0.39 is 0 Å². The number of imidazole rings is 1. The van der Waals surface area contributed by atoms with Crippen molar-refractivity contribution in [3.8, 4) is 0 Å². The van der Waals surface area contributed by atoms with Crippen molar-refractivity contribution in [3.63, 3.8) is 0 Å². The van der Waals surface area contributed by atoms with Crippen molar-refractivity contribution in [2.45, 2.75) is 34.2 Å². The van der Waals surface area contributed by atoms with Gasteiger partial charge in [-0.2, -0.15) is 0 Å². The number of hydrogen-bond acceptors (Lipinski definition) is 5. The Kier molecular flexibility index (Phi) is 6.01. The highest BCUT2D eigenvalue weighted by Crippen LogP contribution is 2.27. The lowest BCUT2D eigenvalue weighted by Gasteiger charge is -2.22. The maximum absolute atomic E-state index is 4.39. The van der Waals surface area contributed by atoms with Gasteiger partial charge in [-0.3, -0.25) is 0 Å². The molecule has 0 aliphatic rings. The van der Waals surface area contributed by atoms with Gasteiger partial charge in [0.05, 0.1) is 25.0 Å². The van der Waals surface area contributed by atoms with Gasteiger partial charge in [0.2, 0.25) is 5.13 Å². The van der Waals surface area contributed by atoms with Gasteiger partial charge in [0, 0.05) is 24.0 Å². The van der Waals surface area contributed by atoms with Gasteiger partial charge < -0.3 is 4.90 Å². The summed E-state index contributed by atoms with van der Waals surface area (Å²) in [5.41, 5.74) is 3.06. The first kappa shape index (κ1) is 19.2. The molecule has 0 aliphatic heterocycles. The summed E-state index contributed by atoms with van der Waals surface area (Å²) in [5, 5.41) is 9.27. The first-order valence-electron chi connectivity index (χ1n) is 9.20. The van der Waals surface area contributed by atoms with E-state index in [9.17, 15) is 0 Å². The number of nitrogens with zero attached hydrogens (tertiary/aromatic N) is 6. The van der Waals surface area contributed by atoms with Crippen molar-refractivity contribution in [2.24, 2.45) is 17.3 Å². The third-order valence-corrected chi connectivity index (χ3v) is 5.83. The average Bonchev–Trinajstić information content (AvgIpc) is 3.16. The van der Waals surface area contributed by atoms with Gasteiger partial charge in [0.15, 0.2) is 0 Å². The zero-order chi connectivity index (χ0) is 19.4. The quantitative estimate of drug-likeness (QED) is 0.441. The zero-order valence-electron chi connectivity index (χ0n) is 16.7. The monoisotopic (exact) mass is 383 g/mol. The van der Waals surface area contributed by atoms with Crippen molar-refractivity contribution in [2.75, 3.05) is 18.0 Å². The fourth-order valence-corrected chi connectivity index (χ4v) is 3.59. The third kappa shape index (κ3) is 4.60. The summed E-state index contributed by atoms with van der Waals surface area (Å²) in [6.07, 6.45) is 4.23. The van der Waals surface area contributed by atoms with Crippen LogP contribution in [0.3, 0.4) is 0 Å². The van der Waals surface area contributed by atoms with E-state index in [-0.39, 0.29) is 0 Å². The van der Waals surface area contributed by atoms with E-state index in [4.69, 9.17) is 0 Å². The summed E-state index contributed by atoms with van der Waals surface area (Å²) >= 11 is 1.57. The van der Waals surface area contributed by atoms with Crippen molar-refractivity contribution < 1.29 is 4.57 Å². The Morgan fingerprint density at radius 2 is 1.89 bits per heavy atom. The number of rotatable bonds is 7. The van der Waals surface area contributed by atoms with Gasteiger partial charge >= 0.3 is 0 Å². The molecule has 27 heavy (non-hydrogen) atoms. The van der Waals surface area contributed by atoms with Gasteiger partial charge in [0.25, 0.3) is 5.82 Å². The number of aryl methyl sites for hydroxylation is 3. The molecule has 0 fully saturated rings. The van der Waals surface area contributed by atoms with Gasteiger partial charge in [0.1, 0.15) is 18.9 Å². The van der Waals surface area contributed by atoms with Crippen molar-refractivity contribution in [1.29, 1.82) is 0 Å². The Labute approximate surface area is 164 Å². The summed E-state index contributed by atoms with van der Waals surface area (Å²) in [5.74, 6) is 1.26. The lowest BCUT2D eigenvalue weighted by atomic mass is 10.2. The highest BCUT2D eigenvalue weighted by molar-refractivity contribution is 7.15. The fourth-order valence-electron chi connectivity index (χ4n) is 2.86. The lowest BCUT2D eigenvalue weighted by molar-refractivity contribution is -0.677. The Bertz CT molecular complexity index is 903. The normalized spacial score (nSPS) is 11.4. The van der Waals surface area contributed by atoms with Crippen LogP contribution in [-0.4, -0.2) is 22.6 Å². The van der Waals surface area contributed by atoms with Crippen LogP contribution in [0.5, 0.6) is 0 Å². The number of thiazole rings is 1. The molecule has 3 aromatic rings. The van der Waals surface area contributed by atoms with E-state index in [1.807, 2.05) is 19.1 Å². The van der Waals surface area contributed by atoms with E-state index in [2.05, 4.69) is 81.6 Å². The summed E-state index contributed by atoms with van der Waals surface area (Å²) in [6, 6.07) is 8.24. The van der Waals surface area contributed by atoms with Crippen LogP contribution >= 0.6 is 11.3 Å². The van der Waals surface area contributed by atoms with Crippen LogP contribution in [-0.2, 0) is 13.6 Å². The van der Waals surface area contributed by atoms with Crippen LogP contribution in [0.25, 0.3) is 0 Å². The standard InChI is InChI=1S/C20H27N6S/c1-6-25(13-14-26-12-11-24(5)17(26)4)19-9-7-18(8-10-19)22-23-20-21-15(2)16(3)27-20/h7-12H,6,13-14H2,1-5H3/q+1. The topological polar surface area (TPSA) is 49.7 Å². The summed E-state index contributed by atoms with van der Waals surface area (Å²) < 4.78 is 4.42. The highest BCUT2D eigenvalue weighted by atomic mass is 32.1. The van der Waals surface area contributed by atoms with Crippen LogP contribution in [0.4, 0.5) is 16.5 Å². The molecule has 0 unspecified atom stereocenters. The minimum absolute atomic E-state index is 0.708. The van der Waals surface area contributed by atoms with Crippen LogP contribution in [0, 0.1) is 20.8 Å². The van der Waals surface area contributed by atoms with Crippen LogP contribution < -0.4 is 9.47 Å². The lowest BCUT2D eigenvalue weighted by Crippen LogP contribution is -2.31. The second-order valence-electron chi connectivity index (χ2n) is 6.58. The smallest absolute Gasteiger partial charge is 0.253 e. The number of likely N-dealkylation sites (N-methyl/N-ethyl adjacent to an activating group) is 1. The number of benzene rings is 1. The Morgan fingerprint density at radius 1 is 1.15 bits per heavy atom. The number of azo groups is 1. The molecule has 0 saturated carbocycles. The molecule has 0 aliphatic carbocycles. The first-order valence-corrected chi connectivity index (χ1v) is 10.0. The SMILES string of the molecule is CCN(CCn1cc[n+](C)c1C)c1ccc(N=Nc2nc(C)c(C)s2)cc1. The van der Waals surface area contributed by atoms with E-state index in [0.29, 0.717) is 5.13 Å². The number of hydrogen-bond donors (Lipinski definition) is 0. The molecule has 0 atom stereocenters. The predicted octanol–water partition coefficient (Wildman–Crippen LogP) is 4.64. The molecule has 0 amide bonds. The van der Waals surface area contributed by atoms with Gasteiger partial charge in [-0.05, 0) is 45.0 Å². The van der Waals surface area contributed by atoms with Crippen LogP contribution in [0.2, 0.25) is 0 Å².